The maximum absolute atomic E-state index is 12.1. The van der Waals surface area contributed by atoms with Crippen LogP contribution in [0.1, 0.15) is 6.42 Å². The molecule has 2 aromatic carbocycles. The smallest absolute Gasteiger partial charge is 0.239 e. The van der Waals surface area contributed by atoms with Gasteiger partial charge in [-0.1, -0.05) is 29.8 Å². The van der Waals surface area contributed by atoms with Crippen LogP contribution in [0.4, 0.5) is 5.69 Å². The highest BCUT2D eigenvalue weighted by Crippen LogP contribution is 2.31. The number of hydrogen-bond acceptors (Lipinski definition) is 5. The number of halogens is 1. The van der Waals surface area contributed by atoms with Gasteiger partial charge in [0.25, 0.3) is 0 Å². The van der Waals surface area contributed by atoms with Gasteiger partial charge in [-0.05, 0) is 36.8 Å². The van der Waals surface area contributed by atoms with E-state index >= 15 is 0 Å². The zero-order valence-corrected chi connectivity index (χ0v) is 15.5. The highest BCUT2D eigenvalue weighted by molar-refractivity contribution is 7.91. The topological polar surface area (TPSA) is 84.5 Å². The molecule has 1 saturated heterocycles. The van der Waals surface area contributed by atoms with Gasteiger partial charge < -0.3 is 15.4 Å². The van der Waals surface area contributed by atoms with Crippen molar-refractivity contribution in [3.63, 3.8) is 0 Å². The van der Waals surface area contributed by atoms with Gasteiger partial charge in [-0.25, -0.2) is 8.42 Å². The Labute approximate surface area is 157 Å². The first kappa shape index (κ1) is 18.5. The molecule has 2 aromatic rings. The van der Waals surface area contributed by atoms with Crippen molar-refractivity contribution in [2.45, 2.75) is 12.5 Å². The Bertz CT molecular complexity index is 887. The van der Waals surface area contributed by atoms with Crippen molar-refractivity contribution in [2.24, 2.45) is 0 Å². The number of carbonyl (C=O) groups excluding carboxylic acids is 1. The van der Waals surface area contributed by atoms with Crippen molar-refractivity contribution in [3.8, 4) is 11.5 Å². The highest BCUT2D eigenvalue weighted by atomic mass is 35.5. The van der Waals surface area contributed by atoms with Crippen LogP contribution in [-0.2, 0) is 14.6 Å². The van der Waals surface area contributed by atoms with E-state index in [2.05, 4.69) is 10.6 Å². The molecule has 1 atom stereocenters. The van der Waals surface area contributed by atoms with E-state index in [1.165, 1.54) is 0 Å². The van der Waals surface area contributed by atoms with Crippen LogP contribution in [0.3, 0.4) is 0 Å². The molecule has 0 aromatic heterocycles. The van der Waals surface area contributed by atoms with E-state index < -0.39 is 9.84 Å². The van der Waals surface area contributed by atoms with E-state index in [0.717, 1.165) is 0 Å². The van der Waals surface area contributed by atoms with E-state index in [4.69, 9.17) is 16.3 Å². The van der Waals surface area contributed by atoms with Gasteiger partial charge in [0, 0.05) is 11.1 Å². The van der Waals surface area contributed by atoms with Crippen molar-refractivity contribution >= 4 is 33.0 Å². The Hall–Kier alpha value is -2.25. The normalized spacial score (nSPS) is 18.3. The number of rotatable bonds is 6. The van der Waals surface area contributed by atoms with Crippen LogP contribution in [0, 0.1) is 0 Å². The molecule has 26 heavy (non-hydrogen) atoms. The van der Waals surface area contributed by atoms with Crippen LogP contribution in [0.15, 0.2) is 48.5 Å². The maximum atomic E-state index is 12.1. The second-order valence-corrected chi connectivity index (χ2v) is 8.74. The Kier molecular flexibility index (Phi) is 5.68. The lowest BCUT2D eigenvalue weighted by molar-refractivity contribution is -0.119. The first-order valence-corrected chi connectivity index (χ1v) is 10.4. The first-order valence-electron chi connectivity index (χ1n) is 8.17. The molecule has 1 fully saturated rings. The number of benzene rings is 2. The standard InChI is InChI=1S/C18H19ClN2O4S/c19-13-6-7-17(25-15-4-2-1-3-5-15)16(10-13)20-11-18(22)21-14-8-9-26(23,24)12-14/h1-7,10,14,20H,8-9,11-12H2,(H,21,22)/t14-/m1/s1. The van der Waals surface area contributed by atoms with Crippen LogP contribution in [0.25, 0.3) is 0 Å². The second kappa shape index (κ2) is 7.97. The summed E-state index contributed by atoms with van der Waals surface area (Å²) < 4.78 is 28.7. The predicted octanol–water partition coefficient (Wildman–Crippen LogP) is 2.85. The van der Waals surface area contributed by atoms with Crippen molar-refractivity contribution in [2.75, 3.05) is 23.4 Å². The summed E-state index contributed by atoms with van der Waals surface area (Å²) in [5.41, 5.74) is 0.579. The summed E-state index contributed by atoms with van der Waals surface area (Å²) in [4.78, 5) is 12.1. The molecule has 8 heteroatoms. The minimum atomic E-state index is -3.03. The second-order valence-electron chi connectivity index (χ2n) is 6.08. The van der Waals surface area contributed by atoms with Gasteiger partial charge in [-0.3, -0.25) is 4.79 Å². The molecule has 1 aliphatic rings. The molecule has 0 unspecified atom stereocenters. The average Bonchev–Trinajstić information content (AvgIpc) is 2.94. The lowest BCUT2D eigenvalue weighted by Gasteiger charge is -2.15. The molecule has 0 bridgehead atoms. The molecular formula is C18H19ClN2O4S. The van der Waals surface area contributed by atoms with Gasteiger partial charge in [-0.2, -0.15) is 0 Å². The number of nitrogens with one attached hydrogen (secondary N) is 2. The summed E-state index contributed by atoms with van der Waals surface area (Å²) in [6.45, 7) is -0.0119. The number of carbonyl (C=O) groups is 1. The summed E-state index contributed by atoms with van der Waals surface area (Å²) in [6, 6.07) is 14.0. The van der Waals surface area contributed by atoms with E-state index in [9.17, 15) is 13.2 Å². The molecule has 0 spiro atoms. The third-order valence-electron chi connectivity index (χ3n) is 3.95. The summed E-state index contributed by atoms with van der Waals surface area (Å²) in [6.07, 6.45) is 0.452. The summed E-state index contributed by atoms with van der Waals surface area (Å²) in [5.74, 6) is 1.04. The minimum absolute atomic E-state index is 0.00171. The average molecular weight is 395 g/mol. The lowest BCUT2D eigenvalue weighted by Crippen LogP contribution is -2.39. The van der Waals surface area contributed by atoms with Crippen LogP contribution in [-0.4, -0.2) is 38.4 Å². The molecule has 2 N–H and O–H groups in total. The van der Waals surface area contributed by atoms with Crippen LogP contribution >= 0.6 is 11.6 Å². The fraction of sp³-hybridized carbons (Fsp3) is 0.278. The monoisotopic (exact) mass is 394 g/mol. The molecule has 6 nitrogen and oxygen atoms in total. The van der Waals surface area contributed by atoms with Gasteiger partial charge >= 0.3 is 0 Å². The predicted molar refractivity (Wildman–Crippen MR) is 102 cm³/mol. The molecule has 1 amide bonds. The van der Waals surface area contributed by atoms with Gasteiger partial charge in [0.2, 0.25) is 5.91 Å². The Morgan fingerprint density at radius 2 is 1.96 bits per heavy atom. The minimum Gasteiger partial charge on any atom is -0.455 e. The van der Waals surface area contributed by atoms with Crippen molar-refractivity contribution in [1.29, 1.82) is 0 Å². The van der Waals surface area contributed by atoms with Gasteiger partial charge in [0.05, 0.1) is 23.7 Å². The molecule has 0 aliphatic carbocycles. The fourth-order valence-electron chi connectivity index (χ4n) is 2.71. The van der Waals surface area contributed by atoms with Crippen molar-refractivity contribution in [1.82, 2.24) is 5.32 Å². The number of amides is 1. The largest absolute Gasteiger partial charge is 0.455 e. The van der Waals surface area contributed by atoms with Gasteiger partial charge in [0.15, 0.2) is 15.6 Å². The Morgan fingerprint density at radius 1 is 1.19 bits per heavy atom. The summed E-state index contributed by atoms with van der Waals surface area (Å²) in [7, 11) is -3.03. The molecule has 1 heterocycles. The highest BCUT2D eigenvalue weighted by Gasteiger charge is 2.28. The third kappa shape index (κ3) is 5.12. The SMILES string of the molecule is O=C(CNc1cc(Cl)ccc1Oc1ccccc1)N[C@@H]1CCS(=O)(=O)C1. The summed E-state index contributed by atoms with van der Waals surface area (Å²) >= 11 is 6.04. The van der Waals surface area contributed by atoms with Crippen LogP contribution in [0.5, 0.6) is 11.5 Å². The number of ether oxygens (including phenoxy) is 1. The van der Waals surface area contributed by atoms with Crippen molar-refractivity contribution in [3.05, 3.63) is 53.6 Å². The van der Waals surface area contributed by atoms with Gasteiger partial charge in [-0.15, -0.1) is 0 Å². The number of sulfone groups is 1. The Balaban J connectivity index is 1.62. The maximum Gasteiger partial charge on any atom is 0.239 e. The summed E-state index contributed by atoms with van der Waals surface area (Å²) in [5, 5.41) is 6.24. The fourth-order valence-corrected chi connectivity index (χ4v) is 4.55. The van der Waals surface area contributed by atoms with Gasteiger partial charge in [0.1, 0.15) is 5.75 Å². The van der Waals surface area contributed by atoms with Crippen molar-refractivity contribution < 1.29 is 17.9 Å². The van der Waals surface area contributed by atoms with Crippen LogP contribution < -0.4 is 15.4 Å². The van der Waals surface area contributed by atoms with E-state index in [-0.39, 0.29) is 30.0 Å². The molecule has 3 rings (SSSR count). The number of para-hydroxylation sites is 1. The van der Waals surface area contributed by atoms with Crippen LogP contribution in [0.2, 0.25) is 5.02 Å². The van der Waals surface area contributed by atoms with E-state index in [1.807, 2.05) is 30.3 Å². The molecule has 0 radical (unpaired) electrons. The molecular weight excluding hydrogens is 376 g/mol. The third-order valence-corrected chi connectivity index (χ3v) is 5.95. The first-order chi connectivity index (χ1) is 12.4. The Morgan fingerprint density at radius 3 is 2.65 bits per heavy atom. The lowest BCUT2D eigenvalue weighted by atomic mass is 10.2. The molecule has 0 saturated carbocycles. The van der Waals surface area contributed by atoms with E-state index in [0.29, 0.717) is 28.6 Å². The zero-order valence-electron chi connectivity index (χ0n) is 13.9. The van der Waals surface area contributed by atoms with E-state index in [1.54, 1.807) is 18.2 Å². The number of anilines is 1. The quantitative estimate of drug-likeness (QED) is 0.787. The molecule has 1 aliphatic heterocycles. The molecule has 138 valence electrons. The number of hydrogen-bond donors (Lipinski definition) is 2. The zero-order chi connectivity index (χ0) is 18.6.